The number of nitrogens with zero attached hydrogens (tertiary/aromatic N) is 6. The first-order valence-corrected chi connectivity index (χ1v) is 12.7. The van der Waals surface area contributed by atoms with Gasteiger partial charge in [-0.25, -0.2) is 42.5 Å². The summed E-state index contributed by atoms with van der Waals surface area (Å²) in [4.78, 5) is 86.8. The molecular formula is C27H42N6O6. The van der Waals surface area contributed by atoms with Crippen molar-refractivity contribution in [2.24, 2.45) is 15.0 Å². The number of hydrogen-bond donors (Lipinski definition) is 0. The smallest absolute Gasteiger partial charge is 0.247 e. The molecule has 0 N–H and O–H groups in total. The average molecular weight is 547 g/mol. The van der Waals surface area contributed by atoms with Crippen LogP contribution in [0.15, 0.2) is 29.4 Å². The zero-order chi connectivity index (χ0) is 30.8. The summed E-state index contributed by atoms with van der Waals surface area (Å²) in [7, 11) is 0. The molecule has 0 saturated heterocycles. The highest BCUT2D eigenvalue weighted by Crippen LogP contribution is 2.31. The molecule has 0 saturated carbocycles. The fourth-order valence-electron chi connectivity index (χ4n) is 6.00. The Morgan fingerprint density at radius 1 is 0.462 bits per heavy atom. The molecule has 216 valence electrons. The van der Waals surface area contributed by atoms with E-state index in [2.05, 4.69) is 15.0 Å². The van der Waals surface area contributed by atoms with E-state index in [1.807, 2.05) is 0 Å². The van der Waals surface area contributed by atoms with Crippen LogP contribution in [0.5, 0.6) is 0 Å². The lowest BCUT2D eigenvalue weighted by Crippen LogP contribution is -2.66. The van der Waals surface area contributed by atoms with Gasteiger partial charge in [-0.2, -0.15) is 15.0 Å². The first-order chi connectivity index (χ1) is 17.4. The molecule has 0 unspecified atom stereocenters. The van der Waals surface area contributed by atoms with E-state index in [-0.39, 0.29) is 19.3 Å². The van der Waals surface area contributed by atoms with E-state index in [0.29, 0.717) is 0 Å². The number of hydrogen-bond acceptors (Lipinski definition) is 9. The largest absolute Gasteiger partial charge is 0.337 e. The highest BCUT2D eigenvalue weighted by Gasteiger charge is 2.42. The highest BCUT2D eigenvalue weighted by atomic mass is 16.2. The molecule has 12 nitrogen and oxygen atoms in total. The quantitative estimate of drug-likeness (QED) is 0.290. The van der Waals surface area contributed by atoms with Crippen molar-refractivity contribution < 1.29 is 14.4 Å². The minimum Gasteiger partial charge on any atom is -0.247 e. The molecule has 0 aliphatic carbocycles. The van der Waals surface area contributed by atoms with Gasteiger partial charge in [0, 0.05) is 0 Å². The van der Waals surface area contributed by atoms with Gasteiger partial charge in [0.1, 0.15) is 0 Å². The van der Waals surface area contributed by atoms with Gasteiger partial charge >= 0.3 is 17.1 Å². The zero-order valence-corrected chi connectivity index (χ0v) is 25.3. The molecule has 0 radical (unpaired) electrons. The van der Waals surface area contributed by atoms with E-state index in [4.69, 9.17) is 0 Å². The Hall–Kier alpha value is -3.45. The maximum absolute atomic E-state index is 14.1. The van der Waals surface area contributed by atoms with Gasteiger partial charge in [-0.3, -0.25) is 0 Å². The van der Waals surface area contributed by atoms with Crippen LogP contribution in [-0.2, 0) is 31.0 Å². The molecule has 1 rings (SSSR count). The molecule has 0 amide bonds. The van der Waals surface area contributed by atoms with Crippen molar-refractivity contribution in [2.75, 3.05) is 0 Å². The van der Waals surface area contributed by atoms with E-state index in [1.54, 1.807) is 83.1 Å². The standard InChI is InChI=1S/C27H42N6O6/c1-22(2,28-16-34)13-25(7,8)31-19(37)32(26(9,10)14-23(3,4)29-17-35)21(39)33(20(31)38)27(11,12)15-24(5,6)30-18-36/h13-15H2,1-12H3. The third-order valence-corrected chi connectivity index (χ3v) is 6.60. The van der Waals surface area contributed by atoms with Gasteiger partial charge in [0.2, 0.25) is 18.2 Å². The van der Waals surface area contributed by atoms with E-state index in [1.165, 1.54) is 18.2 Å². The zero-order valence-electron chi connectivity index (χ0n) is 25.3. The van der Waals surface area contributed by atoms with Crippen LogP contribution in [0.25, 0.3) is 0 Å². The molecule has 1 aromatic rings. The molecule has 0 fully saturated rings. The van der Waals surface area contributed by atoms with Gasteiger partial charge < -0.3 is 0 Å². The van der Waals surface area contributed by atoms with Crippen LogP contribution in [0.1, 0.15) is 102 Å². The van der Waals surface area contributed by atoms with Crippen molar-refractivity contribution in [3.05, 3.63) is 31.5 Å². The van der Waals surface area contributed by atoms with Gasteiger partial charge in [0.25, 0.3) is 0 Å². The second kappa shape index (κ2) is 11.0. The molecule has 39 heavy (non-hydrogen) atoms. The Labute approximate surface area is 228 Å². The number of aromatic nitrogens is 3. The molecule has 0 atom stereocenters. The topological polar surface area (TPSA) is 154 Å². The highest BCUT2D eigenvalue weighted by molar-refractivity contribution is 5.35. The van der Waals surface area contributed by atoms with Crippen LogP contribution in [0, 0.1) is 0 Å². The van der Waals surface area contributed by atoms with Gasteiger partial charge in [-0.15, -0.1) is 0 Å². The molecule has 12 heteroatoms. The van der Waals surface area contributed by atoms with Gasteiger partial charge in [-0.1, -0.05) is 0 Å². The summed E-state index contributed by atoms with van der Waals surface area (Å²) < 4.78 is 3.02. The van der Waals surface area contributed by atoms with Crippen molar-refractivity contribution >= 4 is 18.2 Å². The van der Waals surface area contributed by atoms with Crippen LogP contribution in [0.3, 0.4) is 0 Å². The summed E-state index contributed by atoms with van der Waals surface area (Å²) in [6.45, 7) is 19.9. The third-order valence-electron chi connectivity index (χ3n) is 6.60. The second-order valence-electron chi connectivity index (χ2n) is 13.9. The number of isocyanates is 3. The number of carbonyl (C=O) groups excluding carboxylic acids is 3. The van der Waals surface area contributed by atoms with Crippen molar-refractivity contribution in [3.8, 4) is 0 Å². The molecule has 0 aliphatic heterocycles. The maximum Gasteiger partial charge on any atom is 0.337 e. The van der Waals surface area contributed by atoms with Gasteiger partial charge in [0.05, 0.1) is 33.2 Å². The summed E-state index contributed by atoms with van der Waals surface area (Å²) >= 11 is 0. The van der Waals surface area contributed by atoms with E-state index in [0.717, 1.165) is 13.7 Å². The molecule has 0 aliphatic rings. The third kappa shape index (κ3) is 7.79. The lowest BCUT2D eigenvalue weighted by atomic mass is 9.86. The predicted octanol–water partition coefficient (Wildman–Crippen LogP) is 2.89. The van der Waals surface area contributed by atoms with Crippen molar-refractivity contribution in [1.29, 1.82) is 0 Å². The van der Waals surface area contributed by atoms with Crippen LogP contribution in [0.2, 0.25) is 0 Å². The summed E-state index contributed by atoms with van der Waals surface area (Å²) in [5.74, 6) is 0. The SMILES string of the molecule is CC(C)(CC(C)(C)n1c(=O)n(C(C)(C)CC(C)(C)N=C=O)c(=O)n(C(C)(C)CC(C)(C)N=C=O)c1=O)N=C=O. The Morgan fingerprint density at radius 3 is 0.795 bits per heavy atom. The second-order valence-corrected chi connectivity index (χ2v) is 13.9. The fourth-order valence-corrected chi connectivity index (χ4v) is 6.00. The predicted molar refractivity (Wildman–Crippen MR) is 148 cm³/mol. The fraction of sp³-hybridized carbons (Fsp3) is 0.778. The lowest BCUT2D eigenvalue weighted by Gasteiger charge is -2.39. The minimum absolute atomic E-state index is 0.0886. The molecule has 1 aromatic heterocycles. The molecule has 1 heterocycles. The monoisotopic (exact) mass is 546 g/mol. The Kier molecular flexibility index (Phi) is 9.44. The van der Waals surface area contributed by atoms with Crippen LogP contribution < -0.4 is 17.1 Å². The maximum atomic E-state index is 14.1. The van der Waals surface area contributed by atoms with Crippen molar-refractivity contribution in [3.63, 3.8) is 0 Å². The average Bonchev–Trinajstić information content (AvgIpc) is 2.63. The summed E-state index contributed by atoms with van der Waals surface area (Å²) in [6.07, 6.45) is 4.86. The normalized spacial score (nSPS) is 13.2. The van der Waals surface area contributed by atoms with Crippen LogP contribution >= 0.6 is 0 Å². The first kappa shape index (κ1) is 33.6. The van der Waals surface area contributed by atoms with Crippen molar-refractivity contribution in [1.82, 2.24) is 13.7 Å². The molecule has 0 spiro atoms. The van der Waals surface area contributed by atoms with E-state index in [9.17, 15) is 28.8 Å². The van der Waals surface area contributed by atoms with Crippen LogP contribution in [-0.4, -0.2) is 48.6 Å². The Bertz CT molecular complexity index is 1220. The summed E-state index contributed by atoms with van der Waals surface area (Å²) in [5, 5.41) is 0. The minimum atomic E-state index is -1.21. The number of aliphatic imine (C=N–C) groups is 3. The van der Waals surface area contributed by atoms with E-state index >= 15 is 0 Å². The van der Waals surface area contributed by atoms with Crippen LogP contribution in [0.4, 0.5) is 0 Å². The number of rotatable bonds is 12. The van der Waals surface area contributed by atoms with Crippen molar-refractivity contribution in [2.45, 2.75) is 136 Å². The Balaban J connectivity index is 4.30. The summed E-state index contributed by atoms with van der Waals surface area (Å²) in [6, 6.07) is 0. The molecule has 0 bridgehead atoms. The summed E-state index contributed by atoms with van der Waals surface area (Å²) in [5.41, 5.74) is -9.13. The van der Waals surface area contributed by atoms with E-state index < -0.39 is 50.3 Å². The Morgan fingerprint density at radius 2 is 0.641 bits per heavy atom. The first-order valence-electron chi connectivity index (χ1n) is 12.7. The molecule has 0 aromatic carbocycles. The lowest BCUT2D eigenvalue weighted by molar-refractivity contribution is 0.162. The van der Waals surface area contributed by atoms with Gasteiger partial charge in [-0.05, 0) is 102 Å². The molecular weight excluding hydrogens is 504 g/mol. The van der Waals surface area contributed by atoms with Gasteiger partial charge in [0.15, 0.2) is 0 Å².